The van der Waals surface area contributed by atoms with Crippen LogP contribution in [-0.4, -0.2) is 70.5 Å². The van der Waals surface area contributed by atoms with Gasteiger partial charge in [-0.3, -0.25) is 14.7 Å². The Labute approximate surface area is 404 Å². The van der Waals surface area contributed by atoms with E-state index in [-0.39, 0.29) is 41.9 Å². The molecule has 1 aliphatic rings. The van der Waals surface area contributed by atoms with Gasteiger partial charge in [-0.15, -0.1) is 0 Å². The van der Waals surface area contributed by atoms with Gasteiger partial charge in [-0.25, -0.2) is 19.5 Å². The summed E-state index contributed by atoms with van der Waals surface area (Å²) in [5, 5.41) is 2.75. The van der Waals surface area contributed by atoms with Crippen molar-refractivity contribution in [1.29, 1.82) is 0 Å². The molecule has 15 nitrogen and oxygen atoms in total. The predicted molar refractivity (Wildman–Crippen MR) is 262 cm³/mol. The normalized spacial score (nSPS) is 15.6. The third-order valence-corrected chi connectivity index (χ3v) is 11.9. The first kappa shape index (κ1) is 46.7. The maximum atomic E-state index is 14.3. The Morgan fingerprint density at radius 2 is 1.24 bits per heavy atom. The molecule has 0 aliphatic carbocycles. The fraction of sp³-hybridized carbons (Fsp3) is 0.200. The molecule has 3 heterocycles. The average Bonchev–Trinajstić information content (AvgIpc) is 4.02. The number of rotatable bonds is 16. The molecule has 3 atom stereocenters. The number of carbonyl (C=O) groups excluding carboxylic acids is 3. The van der Waals surface area contributed by atoms with Crippen molar-refractivity contribution in [2.45, 2.75) is 44.3 Å². The number of aromatic nitrogens is 4. The van der Waals surface area contributed by atoms with E-state index in [2.05, 4.69) is 15.3 Å². The number of carbonyl (C=O) groups is 3. The SMILES string of the molecule is COc1ccc(C(OC[C@@H]2O[C@H](n3cnc4c(OC(=O)N(c5ccccc5)c5ccccc5)nc(NC(=O)C(C)C)nc43)C[C@H]2OC(=O)c2ccccc2)(c2ccccc2)c2ccc(OC)cc2)cc1. The molecule has 1 saturated heterocycles. The predicted octanol–water partition coefficient (Wildman–Crippen LogP) is 10.3. The van der Waals surface area contributed by atoms with E-state index in [1.54, 1.807) is 81.2 Å². The van der Waals surface area contributed by atoms with Crippen LogP contribution >= 0.6 is 0 Å². The Kier molecular flexibility index (Phi) is 13.9. The van der Waals surface area contributed by atoms with E-state index < -0.39 is 42.0 Å². The first-order valence-corrected chi connectivity index (χ1v) is 22.7. The molecule has 1 N–H and O–H groups in total. The molecule has 354 valence electrons. The lowest BCUT2D eigenvalue weighted by atomic mass is 9.80. The van der Waals surface area contributed by atoms with Gasteiger partial charge in [0, 0.05) is 12.3 Å². The summed E-state index contributed by atoms with van der Waals surface area (Å²) in [5.74, 6) is -0.344. The van der Waals surface area contributed by atoms with Crippen LogP contribution in [-0.2, 0) is 24.6 Å². The van der Waals surface area contributed by atoms with Crippen LogP contribution in [0.5, 0.6) is 17.4 Å². The second kappa shape index (κ2) is 20.9. The van der Waals surface area contributed by atoms with Crippen molar-refractivity contribution in [1.82, 2.24) is 19.5 Å². The van der Waals surface area contributed by atoms with Crippen LogP contribution in [0.15, 0.2) is 176 Å². The number of benzene rings is 6. The molecule has 8 aromatic rings. The van der Waals surface area contributed by atoms with Crippen LogP contribution in [0, 0.1) is 5.92 Å². The van der Waals surface area contributed by atoms with Crippen molar-refractivity contribution < 1.29 is 42.8 Å². The summed E-state index contributed by atoms with van der Waals surface area (Å²) in [6, 6.07) is 51.9. The van der Waals surface area contributed by atoms with Gasteiger partial charge in [0.2, 0.25) is 11.9 Å². The molecule has 1 aliphatic heterocycles. The van der Waals surface area contributed by atoms with Gasteiger partial charge < -0.3 is 28.4 Å². The van der Waals surface area contributed by atoms with Crippen LogP contribution < -0.4 is 24.4 Å². The molecule has 0 unspecified atom stereocenters. The topological polar surface area (TPSA) is 165 Å². The zero-order chi connectivity index (χ0) is 48.6. The number of nitrogens with one attached hydrogen (secondary N) is 1. The summed E-state index contributed by atoms with van der Waals surface area (Å²) in [6.07, 6.45) is -1.75. The number of para-hydroxylation sites is 2. The van der Waals surface area contributed by atoms with Gasteiger partial charge in [0.25, 0.3) is 5.88 Å². The Hall–Kier alpha value is -8.40. The standard InChI is InChI=1S/C55H50N6O9/c1-36(2)50(62)58-53-57-49-48(51(59-53)70-54(64)61(41-21-13-7-14-22-41)42-23-15-8-16-24-42)56-35-60(49)47-33-45(69-52(63)37-17-9-5-10-18-37)46(68-47)34-67-55(38-19-11-6-12-20-38,39-25-29-43(65-3)30-26-39)40-27-31-44(66-4)32-28-40/h5-32,35-36,45-47H,33-34H2,1-4H3,(H,57,58,59,62)/t45-,46+,47+/m1/s1. The third-order valence-electron chi connectivity index (χ3n) is 11.9. The Morgan fingerprint density at radius 1 is 0.714 bits per heavy atom. The molecule has 2 aromatic heterocycles. The first-order valence-electron chi connectivity index (χ1n) is 22.7. The molecule has 1 fully saturated rings. The van der Waals surface area contributed by atoms with E-state index >= 15 is 0 Å². The van der Waals surface area contributed by atoms with E-state index in [0.29, 0.717) is 28.4 Å². The Balaban J connectivity index is 1.11. The minimum Gasteiger partial charge on any atom is -0.497 e. The van der Waals surface area contributed by atoms with Gasteiger partial charge >= 0.3 is 12.1 Å². The molecule has 15 heteroatoms. The highest BCUT2D eigenvalue weighted by atomic mass is 16.6. The number of nitrogens with zero attached hydrogens (tertiary/aromatic N) is 5. The summed E-state index contributed by atoms with van der Waals surface area (Å²) in [5.41, 5.74) is 2.93. The fourth-order valence-corrected chi connectivity index (χ4v) is 8.33. The molecule has 0 spiro atoms. The van der Waals surface area contributed by atoms with Gasteiger partial charge in [0.15, 0.2) is 11.2 Å². The number of esters is 1. The minimum absolute atomic E-state index is 0.0782. The molecule has 0 bridgehead atoms. The second-order valence-corrected chi connectivity index (χ2v) is 16.7. The number of ether oxygens (including phenoxy) is 6. The molecule has 9 rings (SSSR count). The van der Waals surface area contributed by atoms with E-state index in [1.807, 2.05) is 121 Å². The van der Waals surface area contributed by atoms with Crippen molar-refractivity contribution >= 4 is 46.5 Å². The van der Waals surface area contributed by atoms with Crippen LogP contribution in [0.1, 0.15) is 53.5 Å². The van der Waals surface area contributed by atoms with Crippen molar-refractivity contribution in [2.75, 3.05) is 31.0 Å². The van der Waals surface area contributed by atoms with Crippen LogP contribution in [0.25, 0.3) is 11.2 Å². The molecule has 6 aromatic carbocycles. The Morgan fingerprint density at radius 3 is 1.79 bits per heavy atom. The van der Waals surface area contributed by atoms with Crippen LogP contribution in [0.4, 0.5) is 22.1 Å². The second-order valence-electron chi connectivity index (χ2n) is 16.7. The molecule has 2 amide bonds. The lowest BCUT2D eigenvalue weighted by molar-refractivity contribution is -0.118. The minimum atomic E-state index is -1.22. The number of hydrogen-bond donors (Lipinski definition) is 1. The highest BCUT2D eigenvalue weighted by molar-refractivity contribution is 5.98. The lowest BCUT2D eigenvalue weighted by Gasteiger charge is -2.37. The largest absolute Gasteiger partial charge is 0.497 e. The summed E-state index contributed by atoms with van der Waals surface area (Å²) >= 11 is 0. The molecule has 0 radical (unpaired) electrons. The Bertz CT molecular complexity index is 2960. The molecular formula is C55H50N6O9. The van der Waals surface area contributed by atoms with Crippen molar-refractivity contribution in [3.8, 4) is 17.4 Å². The van der Waals surface area contributed by atoms with Crippen molar-refractivity contribution in [3.05, 3.63) is 198 Å². The van der Waals surface area contributed by atoms with E-state index in [4.69, 9.17) is 33.4 Å². The highest BCUT2D eigenvalue weighted by Crippen LogP contribution is 2.44. The van der Waals surface area contributed by atoms with Gasteiger partial charge in [-0.2, -0.15) is 9.97 Å². The summed E-state index contributed by atoms with van der Waals surface area (Å²) in [6.45, 7) is 3.39. The van der Waals surface area contributed by atoms with Gasteiger partial charge in [-0.1, -0.05) is 123 Å². The first-order chi connectivity index (χ1) is 34.1. The number of methoxy groups -OCH3 is 2. The van der Waals surface area contributed by atoms with Gasteiger partial charge in [-0.05, 0) is 77.4 Å². The van der Waals surface area contributed by atoms with E-state index in [1.165, 1.54) is 11.2 Å². The molecule has 0 saturated carbocycles. The number of hydrogen-bond acceptors (Lipinski definition) is 12. The van der Waals surface area contributed by atoms with Gasteiger partial charge in [0.1, 0.15) is 35.5 Å². The maximum absolute atomic E-state index is 14.3. The van der Waals surface area contributed by atoms with Crippen molar-refractivity contribution in [2.24, 2.45) is 5.92 Å². The summed E-state index contributed by atoms with van der Waals surface area (Å²) in [4.78, 5) is 56.6. The smallest absolute Gasteiger partial charge is 0.425 e. The van der Waals surface area contributed by atoms with Crippen molar-refractivity contribution in [3.63, 3.8) is 0 Å². The number of anilines is 3. The quantitative estimate of drug-likeness (QED) is 0.0721. The zero-order valence-corrected chi connectivity index (χ0v) is 38.9. The fourth-order valence-electron chi connectivity index (χ4n) is 8.33. The summed E-state index contributed by atoms with van der Waals surface area (Å²) in [7, 11) is 3.22. The summed E-state index contributed by atoms with van der Waals surface area (Å²) < 4.78 is 39.3. The van der Waals surface area contributed by atoms with E-state index in [0.717, 1.165) is 16.7 Å². The maximum Gasteiger partial charge on any atom is 0.425 e. The highest BCUT2D eigenvalue weighted by Gasteiger charge is 2.44. The van der Waals surface area contributed by atoms with Crippen LogP contribution in [0.2, 0.25) is 0 Å². The monoisotopic (exact) mass is 938 g/mol. The van der Waals surface area contributed by atoms with Gasteiger partial charge in [0.05, 0.1) is 44.1 Å². The van der Waals surface area contributed by atoms with Crippen LogP contribution in [0.3, 0.4) is 0 Å². The molecule has 70 heavy (non-hydrogen) atoms. The zero-order valence-electron chi connectivity index (χ0n) is 38.9. The third kappa shape index (κ3) is 9.79. The number of amides is 2. The van der Waals surface area contributed by atoms with E-state index in [9.17, 15) is 14.4 Å². The lowest BCUT2D eigenvalue weighted by Crippen LogP contribution is -2.39. The average molecular weight is 939 g/mol. The number of fused-ring (bicyclic) bond motifs is 1. The number of imidazole rings is 1. The molecular weight excluding hydrogens is 889 g/mol.